The lowest BCUT2D eigenvalue weighted by atomic mass is 10.1. The molecule has 0 aliphatic carbocycles. The minimum absolute atomic E-state index is 0.192. The molecule has 0 bridgehead atoms. The fourth-order valence-corrected chi connectivity index (χ4v) is 2.08. The van der Waals surface area contributed by atoms with Crippen LogP contribution in [0.25, 0.3) is 11.3 Å². The van der Waals surface area contributed by atoms with Crippen LogP contribution in [0.1, 0.15) is 25.3 Å². The van der Waals surface area contributed by atoms with Gasteiger partial charge < -0.3 is 10.4 Å². The fourth-order valence-electron chi connectivity index (χ4n) is 2.08. The summed E-state index contributed by atoms with van der Waals surface area (Å²) in [5.74, 6) is 0. The van der Waals surface area contributed by atoms with Gasteiger partial charge in [-0.2, -0.15) is 0 Å². The molecule has 20 heavy (non-hydrogen) atoms. The quantitative estimate of drug-likeness (QED) is 0.760. The van der Waals surface area contributed by atoms with Gasteiger partial charge in [0.2, 0.25) is 0 Å². The molecule has 0 amide bonds. The van der Waals surface area contributed by atoms with Crippen molar-refractivity contribution < 1.29 is 5.11 Å². The Morgan fingerprint density at radius 2 is 2.10 bits per heavy atom. The average Bonchev–Trinajstić information content (AvgIpc) is 2.52. The Hall–Kier alpha value is -1.71. The Balaban J connectivity index is 1.90. The average molecular weight is 270 g/mol. The highest BCUT2D eigenvalue weighted by molar-refractivity contribution is 5.59. The van der Waals surface area contributed by atoms with E-state index in [2.05, 4.69) is 34.6 Å². The van der Waals surface area contributed by atoms with Crippen molar-refractivity contribution in [3.05, 3.63) is 54.2 Å². The third-order valence-electron chi connectivity index (χ3n) is 3.34. The molecule has 0 aliphatic rings. The SMILES string of the molecule is CCC(O)CCNCc1cccc(-c2ccccn2)c1. The second kappa shape index (κ2) is 7.78. The molecule has 2 N–H and O–H groups in total. The lowest BCUT2D eigenvalue weighted by Crippen LogP contribution is -2.19. The number of aromatic nitrogens is 1. The Morgan fingerprint density at radius 1 is 1.20 bits per heavy atom. The van der Waals surface area contributed by atoms with E-state index in [1.54, 1.807) is 0 Å². The van der Waals surface area contributed by atoms with Crippen molar-refractivity contribution in [2.24, 2.45) is 0 Å². The van der Waals surface area contributed by atoms with Crippen LogP contribution >= 0.6 is 0 Å². The standard InChI is InChI=1S/C17H22N2O/c1-2-16(20)9-11-18-13-14-6-5-7-15(12-14)17-8-3-4-10-19-17/h3-8,10,12,16,18,20H,2,9,11,13H2,1H3. The Morgan fingerprint density at radius 3 is 2.85 bits per heavy atom. The van der Waals surface area contributed by atoms with Crippen molar-refractivity contribution in [2.75, 3.05) is 6.54 Å². The minimum Gasteiger partial charge on any atom is -0.393 e. The summed E-state index contributed by atoms with van der Waals surface area (Å²) in [6, 6.07) is 14.3. The zero-order chi connectivity index (χ0) is 14.2. The highest BCUT2D eigenvalue weighted by Crippen LogP contribution is 2.17. The van der Waals surface area contributed by atoms with E-state index in [0.717, 1.165) is 37.2 Å². The first kappa shape index (κ1) is 14.7. The van der Waals surface area contributed by atoms with Crippen molar-refractivity contribution in [1.82, 2.24) is 10.3 Å². The van der Waals surface area contributed by atoms with E-state index >= 15 is 0 Å². The van der Waals surface area contributed by atoms with Crippen molar-refractivity contribution >= 4 is 0 Å². The summed E-state index contributed by atoms with van der Waals surface area (Å²) in [4.78, 5) is 4.37. The second-order valence-electron chi connectivity index (χ2n) is 4.94. The molecule has 1 aromatic heterocycles. The summed E-state index contributed by atoms with van der Waals surface area (Å²) in [6.45, 7) is 3.65. The summed E-state index contributed by atoms with van der Waals surface area (Å²) in [7, 11) is 0. The van der Waals surface area contributed by atoms with Crippen LogP contribution in [-0.2, 0) is 6.54 Å². The number of hydrogen-bond donors (Lipinski definition) is 2. The molecular formula is C17H22N2O. The Labute approximate surface area is 120 Å². The molecule has 3 nitrogen and oxygen atoms in total. The first-order valence-corrected chi connectivity index (χ1v) is 7.18. The molecule has 0 saturated carbocycles. The third-order valence-corrected chi connectivity index (χ3v) is 3.34. The third kappa shape index (κ3) is 4.44. The summed E-state index contributed by atoms with van der Waals surface area (Å²) in [6.07, 6.45) is 3.24. The van der Waals surface area contributed by atoms with Gasteiger partial charge in [0.05, 0.1) is 11.8 Å². The van der Waals surface area contributed by atoms with Gasteiger partial charge in [0.1, 0.15) is 0 Å². The van der Waals surface area contributed by atoms with E-state index in [0.29, 0.717) is 0 Å². The summed E-state index contributed by atoms with van der Waals surface area (Å²) in [5, 5.41) is 12.9. The van der Waals surface area contributed by atoms with Gasteiger partial charge in [0, 0.05) is 18.3 Å². The fraction of sp³-hybridized carbons (Fsp3) is 0.353. The molecule has 3 heteroatoms. The van der Waals surface area contributed by atoms with Crippen LogP contribution in [0.2, 0.25) is 0 Å². The molecule has 106 valence electrons. The number of hydrogen-bond acceptors (Lipinski definition) is 3. The summed E-state index contributed by atoms with van der Waals surface area (Å²) in [5.41, 5.74) is 3.37. The van der Waals surface area contributed by atoms with Crippen molar-refractivity contribution in [1.29, 1.82) is 0 Å². The van der Waals surface area contributed by atoms with Gasteiger partial charge in [-0.15, -0.1) is 0 Å². The highest BCUT2D eigenvalue weighted by Gasteiger charge is 2.01. The highest BCUT2D eigenvalue weighted by atomic mass is 16.3. The van der Waals surface area contributed by atoms with E-state index < -0.39 is 0 Å². The normalized spacial score (nSPS) is 12.3. The van der Waals surface area contributed by atoms with Crippen LogP contribution in [-0.4, -0.2) is 22.7 Å². The molecule has 2 rings (SSSR count). The van der Waals surface area contributed by atoms with Gasteiger partial charge in [-0.25, -0.2) is 0 Å². The Kier molecular flexibility index (Phi) is 5.71. The van der Waals surface area contributed by atoms with Crippen molar-refractivity contribution in [2.45, 2.75) is 32.4 Å². The number of aliphatic hydroxyl groups excluding tert-OH is 1. The van der Waals surface area contributed by atoms with Crippen LogP contribution in [0.3, 0.4) is 0 Å². The molecule has 1 atom stereocenters. The van der Waals surface area contributed by atoms with E-state index in [4.69, 9.17) is 0 Å². The zero-order valence-electron chi connectivity index (χ0n) is 11.9. The lowest BCUT2D eigenvalue weighted by molar-refractivity contribution is 0.159. The number of rotatable bonds is 7. The second-order valence-corrected chi connectivity index (χ2v) is 4.94. The molecule has 0 aliphatic heterocycles. The maximum atomic E-state index is 9.50. The number of benzene rings is 1. The van der Waals surface area contributed by atoms with E-state index in [9.17, 15) is 5.11 Å². The molecule has 0 radical (unpaired) electrons. The number of aliphatic hydroxyl groups is 1. The predicted molar refractivity (Wildman–Crippen MR) is 82.3 cm³/mol. The molecule has 0 spiro atoms. The molecule has 1 heterocycles. The molecular weight excluding hydrogens is 248 g/mol. The van der Waals surface area contributed by atoms with Gasteiger partial charge in [-0.3, -0.25) is 4.98 Å². The molecule has 1 unspecified atom stereocenters. The topological polar surface area (TPSA) is 45.1 Å². The smallest absolute Gasteiger partial charge is 0.0702 e. The van der Waals surface area contributed by atoms with Gasteiger partial charge in [0.25, 0.3) is 0 Å². The van der Waals surface area contributed by atoms with Crippen molar-refractivity contribution in [3.63, 3.8) is 0 Å². The van der Waals surface area contributed by atoms with Gasteiger partial charge in [-0.05, 0) is 43.1 Å². The van der Waals surface area contributed by atoms with Gasteiger partial charge >= 0.3 is 0 Å². The molecule has 0 fully saturated rings. The van der Waals surface area contributed by atoms with Crippen molar-refractivity contribution in [3.8, 4) is 11.3 Å². The van der Waals surface area contributed by atoms with E-state index in [1.165, 1.54) is 5.56 Å². The minimum atomic E-state index is -0.192. The Bertz CT molecular complexity index is 513. The first-order valence-electron chi connectivity index (χ1n) is 7.18. The van der Waals surface area contributed by atoms with E-state index in [1.807, 2.05) is 31.3 Å². The van der Waals surface area contributed by atoms with Gasteiger partial charge in [0.15, 0.2) is 0 Å². The number of nitrogens with zero attached hydrogens (tertiary/aromatic N) is 1. The largest absolute Gasteiger partial charge is 0.393 e. The summed E-state index contributed by atoms with van der Waals surface area (Å²) < 4.78 is 0. The maximum Gasteiger partial charge on any atom is 0.0702 e. The summed E-state index contributed by atoms with van der Waals surface area (Å²) >= 11 is 0. The molecule has 2 aromatic rings. The number of nitrogens with one attached hydrogen (secondary N) is 1. The zero-order valence-corrected chi connectivity index (χ0v) is 11.9. The maximum absolute atomic E-state index is 9.50. The number of pyridine rings is 1. The van der Waals surface area contributed by atoms with Crippen LogP contribution < -0.4 is 5.32 Å². The molecule has 0 saturated heterocycles. The molecule has 1 aromatic carbocycles. The van der Waals surface area contributed by atoms with Crippen LogP contribution in [0, 0.1) is 0 Å². The van der Waals surface area contributed by atoms with Crippen LogP contribution in [0.4, 0.5) is 0 Å². The first-order chi connectivity index (χ1) is 9.79. The van der Waals surface area contributed by atoms with Gasteiger partial charge in [-0.1, -0.05) is 31.2 Å². The van der Waals surface area contributed by atoms with Crippen LogP contribution in [0.5, 0.6) is 0 Å². The predicted octanol–water partition coefficient (Wildman–Crippen LogP) is 3.00. The van der Waals surface area contributed by atoms with Crippen LogP contribution in [0.15, 0.2) is 48.7 Å². The lowest BCUT2D eigenvalue weighted by Gasteiger charge is -2.09. The van der Waals surface area contributed by atoms with E-state index in [-0.39, 0.29) is 6.10 Å². The monoisotopic (exact) mass is 270 g/mol.